The van der Waals surface area contributed by atoms with Gasteiger partial charge in [-0.25, -0.2) is 4.98 Å². The fraction of sp³-hybridized carbons (Fsp3) is 0.591. The number of nitrogens with zero attached hydrogens (tertiary/aromatic N) is 2. The fourth-order valence-corrected chi connectivity index (χ4v) is 5.05. The maximum atomic E-state index is 11.3. The average Bonchev–Trinajstić information content (AvgIpc) is 2.92. The van der Waals surface area contributed by atoms with Crippen molar-refractivity contribution in [2.75, 3.05) is 26.2 Å². The molecule has 28 heavy (non-hydrogen) atoms. The molecular weight excluding hydrogens is 392 g/mol. The molecule has 1 fully saturated rings. The molecule has 4 nitrogen and oxygen atoms in total. The summed E-state index contributed by atoms with van der Waals surface area (Å²) in [6.45, 7) is 10.2. The highest BCUT2D eigenvalue weighted by Gasteiger charge is 2.35. The van der Waals surface area contributed by atoms with Gasteiger partial charge in [-0.05, 0) is 62.9 Å². The summed E-state index contributed by atoms with van der Waals surface area (Å²) in [6.07, 6.45) is 3.35. The second-order valence-corrected chi connectivity index (χ2v) is 9.68. The number of hydrogen-bond acceptors (Lipinski definition) is 5. The lowest BCUT2D eigenvalue weighted by molar-refractivity contribution is 0.0206. The van der Waals surface area contributed by atoms with Gasteiger partial charge in [0.15, 0.2) is 0 Å². The predicted molar refractivity (Wildman–Crippen MR) is 117 cm³/mol. The third kappa shape index (κ3) is 5.69. The van der Waals surface area contributed by atoms with Crippen molar-refractivity contribution >= 4 is 22.9 Å². The van der Waals surface area contributed by atoms with Gasteiger partial charge in [0, 0.05) is 29.4 Å². The first-order chi connectivity index (χ1) is 13.4. The Bertz CT molecular complexity index is 762. The van der Waals surface area contributed by atoms with Crippen LogP contribution in [-0.2, 0) is 12.0 Å². The summed E-state index contributed by atoms with van der Waals surface area (Å²) in [6, 6.07) is 7.42. The van der Waals surface area contributed by atoms with Gasteiger partial charge in [0.1, 0.15) is 16.4 Å². The lowest BCUT2D eigenvalue weighted by atomic mass is 9.96. The summed E-state index contributed by atoms with van der Waals surface area (Å²) in [5, 5.41) is 12.9. The van der Waals surface area contributed by atoms with E-state index in [9.17, 15) is 5.11 Å². The number of halogens is 1. The number of aliphatic hydroxyl groups is 1. The van der Waals surface area contributed by atoms with Gasteiger partial charge in [0.2, 0.25) is 0 Å². The van der Waals surface area contributed by atoms with Crippen LogP contribution < -0.4 is 4.74 Å². The first kappa shape index (κ1) is 21.6. The molecule has 154 valence electrons. The molecule has 0 radical (unpaired) electrons. The highest BCUT2D eigenvalue weighted by Crippen LogP contribution is 2.36. The van der Waals surface area contributed by atoms with Crippen LogP contribution in [0.15, 0.2) is 24.3 Å². The molecule has 1 aromatic carbocycles. The molecule has 6 heteroatoms. The van der Waals surface area contributed by atoms with Crippen LogP contribution in [0, 0.1) is 12.8 Å². The Kier molecular flexibility index (Phi) is 7.37. The normalized spacial score (nSPS) is 21.1. The molecular formula is C22H31ClN2O2S. The average molecular weight is 423 g/mol. The minimum atomic E-state index is -0.795. The first-order valence-electron chi connectivity index (χ1n) is 10.2. The molecule has 1 N–H and O–H groups in total. The summed E-state index contributed by atoms with van der Waals surface area (Å²) in [4.78, 5) is 8.42. The number of likely N-dealkylation sites (tertiary alicyclic amines) is 1. The van der Waals surface area contributed by atoms with Crippen LogP contribution in [0.1, 0.15) is 48.7 Å². The van der Waals surface area contributed by atoms with Crippen LogP contribution in [0.2, 0.25) is 5.02 Å². The zero-order valence-electron chi connectivity index (χ0n) is 17.1. The molecule has 1 aromatic heterocycles. The Morgan fingerprint density at radius 1 is 1.25 bits per heavy atom. The lowest BCUT2D eigenvalue weighted by Gasteiger charge is -2.25. The number of benzene rings is 1. The van der Waals surface area contributed by atoms with E-state index in [1.807, 2.05) is 31.2 Å². The van der Waals surface area contributed by atoms with Gasteiger partial charge in [-0.1, -0.05) is 25.4 Å². The lowest BCUT2D eigenvalue weighted by Crippen LogP contribution is -2.31. The molecule has 0 unspecified atom stereocenters. The zero-order valence-corrected chi connectivity index (χ0v) is 18.7. The number of thiazole rings is 1. The van der Waals surface area contributed by atoms with Gasteiger partial charge < -0.3 is 14.7 Å². The molecule has 1 aliphatic heterocycles. The van der Waals surface area contributed by atoms with Crippen molar-refractivity contribution in [3.05, 3.63) is 44.9 Å². The van der Waals surface area contributed by atoms with Crippen molar-refractivity contribution in [3.63, 3.8) is 0 Å². The summed E-state index contributed by atoms with van der Waals surface area (Å²) >= 11 is 7.55. The largest absolute Gasteiger partial charge is 0.493 e. The summed E-state index contributed by atoms with van der Waals surface area (Å²) in [5.41, 5.74) is 0.215. The van der Waals surface area contributed by atoms with Crippen LogP contribution in [0.5, 0.6) is 5.75 Å². The quantitative estimate of drug-likeness (QED) is 0.677. The number of aromatic nitrogens is 1. The van der Waals surface area contributed by atoms with E-state index in [1.165, 1.54) is 4.88 Å². The molecule has 3 rings (SSSR count). The van der Waals surface area contributed by atoms with Crippen LogP contribution in [-0.4, -0.2) is 41.2 Å². The summed E-state index contributed by atoms with van der Waals surface area (Å²) in [7, 11) is 0. The summed E-state index contributed by atoms with van der Waals surface area (Å²) in [5.74, 6) is 1.47. The number of aryl methyl sites for hydroxylation is 1. The fourth-order valence-electron chi connectivity index (χ4n) is 3.74. The Hall–Kier alpha value is -1.14. The van der Waals surface area contributed by atoms with Crippen molar-refractivity contribution in [1.29, 1.82) is 0 Å². The zero-order chi connectivity index (χ0) is 20.1. The highest BCUT2D eigenvalue weighted by atomic mass is 35.5. The van der Waals surface area contributed by atoms with Crippen molar-refractivity contribution in [2.24, 2.45) is 5.92 Å². The predicted octanol–water partition coefficient (Wildman–Crippen LogP) is 5.06. The third-order valence-corrected chi connectivity index (χ3v) is 6.89. The topological polar surface area (TPSA) is 45.6 Å². The van der Waals surface area contributed by atoms with Crippen LogP contribution in [0.3, 0.4) is 0 Å². The number of hydrogen-bond donors (Lipinski definition) is 1. The molecule has 1 saturated heterocycles. The molecule has 2 aromatic rings. The first-order valence-corrected chi connectivity index (χ1v) is 11.3. The summed E-state index contributed by atoms with van der Waals surface area (Å²) < 4.78 is 5.82. The van der Waals surface area contributed by atoms with Crippen molar-refractivity contribution in [2.45, 2.75) is 52.1 Å². The molecule has 0 bridgehead atoms. The van der Waals surface area contributed by atoms with Gasteiger partial charge >= 0.3 is 0 Å². The molecule has 1 aliphatic rings. The minimum Gasteiger partial charge on any atom is -0.493 e. The van der Waals surface area contributed by atoms with Crippen LogP contribution in [0.4, 0.5) is 0 Å². The van der Waals surface area contributed by atoms with E-state index in [1.54, 1.807) is 11.3 Å². The molecule has 0 amide bonds. The second kappa shape index (κ2) is 9.57. The molecule has 0 aliphatic carbocycles. The Morgan fingerprint density at radius 3 is 2.71 bits per heavy atom. The van der Waals surface area contributed by atoms with Crippen LogP contribution >= 0.6 is 22.9 Å². The Labute approximate surface area is 177 Å². The van der Waals surface area contributed by atoms with E-state index in [4.69, 9.17) is 21.3 Å². The minimum absolute atomic E-state index is 0.588. The van der Waals surface area contributed by atoms with Gasteiger partial charge in [0.05, 0.1) is 12.3 Å². The van der Waals surface area contributed by atoms with Gasteiger partial charge in [-0.15, -0.1) is 11.3 Å². The smallest absolute Gasteiger partial charge is 0.125 e. The number of rotatable bonds is 7. The standard InChI is InChI=1S/C22H31ClN2O2S/c1-16(2)15-25-12-4-10-22(26,11-13-25)21-24-17(3)20(28-21)9-14-27-19-7-5-18(23)6-8-19/h5-8,16,26H,4,9-15H2,1-3H3/t22-/m0/s1. The highest BCUT2D eigenvalue weighted by molar-refractivity contribution is 7.11. The third-order valence-electron chi connectivity index (χ3n) is 5.23. The monoisotopic (exact) mass is 422 g/mol. The van der Waals surface area contributed by atoms with Crippen molar-refractivity contribution in [3.8, 4) is 5.75 Å². The van der Waals surface area contributed by atoms with Gasteiger partial charge in [-0.3, -0.25) is 0 Å². The maximum Gasteiger partial charge on any atom is 0.125 e. The maximum absolute atomic E-state index is 11.3. The molecule has 0 spiro atoms. The van der Waals surface area contributed by atoms with E-state index in [0.717, 1.165) is 61.8 Å². The van der Waals surface area contributed by atoms with Crippen molar-refractivity contribution in [1.82, 2.24) is 9.88 Å². The number of ether oxygens (including phenoxy) is 1. The molecule has 2 heterocycles. The SMILES string of the molecule is Cc1nc([C@]2(O)CCCN(CC(C)C)CC2)sc1CCOc1ccc(Cl)cc1. The van der Waals surface area contributed by atoms with E-state index >= 15 is 0 Å². The molecule has 1 atom stereocenters. The van der Waals surface area contributed by atoms with E-state index in [2.05, 4.69) is 18.7 Å². The Morgan fingerprint density at radius 2 is 2.00 bits per heavy atom. The van der Waals surface area contributed by atoms with Gasteiger partial charge in [-0.2, -0.15) is 0 Å². The second-order valence-electron chi connectivity index (χ2n) is 8.16. The van der Waals surface area contributed by atoms with E-state index < -0.39 is 5.60 Å². The van der Waals surface area contributed by atoms with Crippen molar-refractivity contribution < 1.29 is 9.84 Å². The van der Waals surface area contributed by atoms with Gasteiger partial charge in [0.25, 0.3) is 0 Å². The molecule has 0 saturated carbocycles. The van der Waals surface area contributed by atoms with Crippen LogP contribution in [0.25, 0.3) is 0 Å². The Balaban J connectivity index is 1.60. The van der Waals surface area contributed by atoms with E-state index in [0.29, 0.717) is 17.5 Å². The van der Waals surface area contributed by atoms with E-state index in [-0.39, 0.29) is 0 Å².